The SMILES string of the molecule is Cc1ccc2c([O-])c(N=Nc3cc(S(=O)(=O)[O-])ccc3[O-])c(C)cc2c1.[Cu+2].[Na+]. The molecule has 3 aromatic carbocycles. The van der Waals surface area contributed by atoms with Gasteiger partial charge >= 0.3 is 46.6 Å². The predicted octanol–water partition coefficient (Wildman–Crippen LogP) is -0.0752. The Morgan fingerprint density at radius 1 is 0.929 bits per heavy atom. The smallest absolute Gasteiger partial charge is 0.871 e. The van der Waals surface area contributed by atoms with E-state index in [2.05, 4.69) is 10.2 Å². The molecular formula is C18H13CuN2NaO5S. The molecule has 1 radical (unpaired) electrons. The number of hydrogen-bond acceptors (Lipinski definition) is 7. The van der Waals surface area contributed by atoms with Crippen LogP contribution < -0.4 is 39.8 Å². The summed E-state index contributed by atoms with van der Waals surface area (Å²) in [7, 11) is -4.73. The van der Waals surface area contributed by atoms with Crippen molar-refractivity contribution in [3.05, 3.63) is 53.6 Å². The monoisotopic (exact) mass is 455 g/mol. The van der Waals surface area contributed by atoms with Crippen molar-refractivity contribution in [1.29, 1.82) is 0 Å². The van der Waals surface area contributed by atoms with Gasteiger partial charge in [-0.3, -0.25) is 0 Å². The Morgan fingerprint density at radius 2 is 1.61 bits per heavy atom. The molecule has 0 aromatic heterocycles. The number of aryl methyl sites for hydroxylation is 2. The second-order valence-electron chi connectivity index (χ2n) is 5.88. The summed E-state index contributed by atoms with van der Waals surface area (Å²) in [6, 6.07) is 9.84. The number of rotatable bonds is 3. The summed E-state index contributed by atoms with van der Waals surface area (Å²) in [6.07, 6.45) is 0. The van der Waals surface area contributed by atoms with Crippen LogP contribution >= 0.6 is 0 Å². The maximum Gasteiger partial charge on any atom is 2.00 e. The second kappa shape index (κ2) is 9.36. The number of fused-ring (bicyclic) bond motifs is 1. The zero-order valence-corrected chi connectivity index (χ0v) is 18.9. The van der Waals surface area contributed by atoms with E-state index in [4.69, 9.17) is 0 Å². The average Bonchev–Trinajstić information content (AvgIpc) is 2.54. The van der Waals surface area contributed by atoms with E-state index in [0.29, 0.717) is 10.9 Å². The van der Waals surface area contributed by atoms with Gasteiger partial charge in [0.15, 0.2) is 0 Å². The third-order valence-electron chi connectivity index (χ3n) is 3.89. The summed E-state index contributed by atoms with van der Waals surface area (Å²) >= 11 is 0. The molecule has 0 N–H and O–H groups in total. The summed E-state index contributed by atoms with van der Waals surface area (Å²) < 4.78 is 33.2. The summed E-state index contributed by atoms with van der Waals surface area (Å²) in [4.78, 5) is -0.584. The largest absolute Gasteiger partial charge is 2.00 e. The minimum atomic E-state index is -4.73. The van der Waals surface area contributed by atoms with Crippen LogP contribution in [0.3, 0.4) is 0 Å². The van der Waals surface area contributed by atoms with Crippen molar-refractivity contribution in [2.24, 2.45) is 10.2 Å². The van der Waals surface area contributed by atoms with Crippen LogP contribution in [0.1, 0.15) is 11.1 Å². The van der Waals surface area contributed by atoms with Crippen molar-refractivity contribution >= 4 is 32.3 Å². The molecule has 0 unspecified atom stereocenters. The third-order valence-corrected chi connectivity index (χ3v) is 4.72. The van der Waals surface area contributed by atoms with E-state index in [1.165, 1.54) is 0 Å². The Morgan fingerprint density at radius 3 is 2.25 bits per heavy atom. The Bertz CT molecular complexity index is 1170. The van der Waals surface area contributed by atoms with Gasteiger partial charge in [0.2, 0.25) is 0 Å². The maximum absolute atomic E-state index is 12.6. The summed E-state index contributed by atoms with van der Waals surface area (Å²) in [6.45, 7) is 3.61. The van der Waals surface area contributed by atoms with Crippen LogP contribution in [-0.2, 0) is 27.2 Å². The third kappa shape index (κ3) is 5.12. The first-order valence-electron chi connectivity index (χ1n) is 7.56. The predicted molar refractivity (Wildman–Crippen MR) is 90.9 cm³/mol. The number of hydrogen-bond donors (Lipinski definition) is 0. The molecular weight excluding hydrogens is 443 g/mol. The van der Waals surface area contributed by atoms with Gasteiger partial charge in [0.1, 0.15) is 10.1 Å². The average molecular weight is 456 g/mol. The molecule has 10 heteroatoms. The van der Waals surface area contributed by atoms with Crippen molar-refractivity contribution in [1.82, 2.24) is 0 Å². The van der Waals surface area contributed by atoms with Gasteiger partial charge in [0.25, 0.3) is 0 Å². The van der Waals surface area contributed by atoms with Crippen LogP contribution in [0.25, 0.3) is 10.8 Å². The zero-order chi connectivity index (χ0) is 19.1. The molecule has 0 saturated heterocycles. The first-order chi connectivity index (χ1) is 12.2. The molecule has 28 heavy (non-hydrogen) atoms. The maximum atomic E-state index is 12.6. The molecule has 0 amide bonds. The normalized spacial score (nSPS) is 11.2. The summed E-state index contributed by atoms with van der Waals surface area (Å²) in [5.74, 6) is -0.952. The topological polar surface area (TPSA) is 128 Å². The molecule has 0 heterocycles. The van der Waals surface area contributed by atoms with Crippen LogP contribution in [0.4, 0.5) is 11.4 Å². The molecule has 3 aromatic rings. The van der Waals surface area contributed by atoms with Crippen molar-refractivity contribution in [3.8, 4) is 11.5 Å². The Hall–Kier alpha value is -1.45. The van der Waals surface area contributed by atoms with E-state index >= 15 is 0 Å². The van der Waals surface area contributed by atoms with Crippen LogP contribution in [0, 0.1) is 13.8 Å². The summed E-state index contributed by atoms with van der Waals surface area (Å²) in [5, 5.41) is 33.2. The van der Waals surface area contributed by atoms with E-state index in [1.54, 1.807) is 25.1 Å². The van der Waals surface area contributed by atoms with E-state index < -0.39 is 20.8 Å². The molecule has 0 fully saturated rings. The molecule has 7 nitrogen and oxygen atoms in total. The van der Waals surface area contributed by atoms with Crippen LogP contribution in [0.5, 0.6) is 11.5 Å². The fourth-order valence-electron chi connectivity index (χ4n) is 2.58. The zero-order valence-electron chi connectivity index (χ0n) is 15.2. The molecule has 143 valence electrons. The molecule has 0 aliphatic carbocycles. The van der Waals surface area contributed by atoms with Gasteiger partial charge in [0.05, 0.1) is 16.3 Å². The van der Waals surface area contributed by atoms with Gasteiger partial charge in [-0.2, -0.15) is 10.2 Å². The van der Waals surface area contributed by atoms with Crippen molar-refractivity contribution < 1.29 is 69.8 Å². The van der Waals surface area contributed by atoms with Crippen LogP contribution in [0.2, 0.25) is 0 Å². The van der Waals surface area contributed by atoms with E-state index in [-0.39, 0.29) is 63.8 Å². The number of azo groups is 1. The standard InChI is InChI=1S/C18H16N2O5S.Cu.Na/c1-10-3-5-14-12(7-10)8-11(2)17(18(14)22)20-19-15-9-13(26(23,24)25)4-6-16(15)21;;/h3-9,21-22H,1-2H3,(H,23,24,25);;/q;+2;+1/p-3. The van der Waals surface area contributed by atoms with Gasteiger partial charge in [-0.1, -0.05) is 41.3 Å². The Labute approximate surface area is 195 Å². The van der Waals surface area contributed by atoms with Crippen molar-refractivity contribution in [2.75, 3.05) is 0 Å². The van der Waals surface area contributed by atoms with Gasteiger partial charge in [-0.05, 0) is 48.4 Å². The number of nitrogens with zero attached hydrogens (tertiary/aromatic N) is 2. The molecule has 0 saturated carbocycles. The van der Waals surface area contributed by atoms with Gasteiger partial charge in [0, 0.05) is 0 Å². The van der Waals surface area contributed by atoms with E-state index in [0.717, 1.165) is 29.1 Å². The molecule has 3 rings (SSSR count). The van der Waals surface area contributed by atoms with Crippen molar-refractivity contribution in [2.45, 2.75) is 18.7 Å². The van der Waals surface area contributed by atoms with E-state index in [1.807, 2.05) is 13.0 Å². The Kier molecular flexibility index (Phi) is 8.22. The van der Waals surface area contributed by atoms with Crippen LogP contribution in [-0.4, -0.2) is 13.0 Å². The van der Waals surface area contributed by atoms with Gasteiger partial charge in [-0.25, -0.2) is 8.42 Å². The van der Waals surface area contributed by atoms with Gasteiger partial charge in [-0.15, -0.1) is 0 Å². The molecule has 0 aliphatic rings. The quantitative estimate of drug-likeness (QED) is 0.310. The first-order valence-corrected chi connectivity index (χ1v) is 8.97. The second-order valence-corrected chi connectivity index (χ2v) is 7.26. The molecule has 0 spiro atoms. The molecule has 0 aliphatic heterocycles. The van der Waals surface area contributed by atoms with Gasteiger partial charge < -0.3 is 14.8 Å². The fraction of sp³-hybridized carbons (Fsp3) is 0.111. The van der Waals surface area contributed by atoms with E-state index in [9.17, 15) is 23.2 Å². The molecule has 0 atom stereocenters. The minimum Gasteiger partial charge on any atom is -0.871 e. The van der Waals surface area contributed by atoms with Crippen LogP contribution in [0.15, 0.2) is 57.6 Å². The fourth-order valence-corrected chi connectivity index (χ4v) is 3.07. The number of benzene rings is 3. The summed E-state index contributed by atoms with van der Waals surface area (Å²) in [5.41, 5.74) is 1.30. The Balaban J connectivity index is 0.00000196. The first kappa shape index (κ1) is 24.6. The molecule has 0 bridgehead atoms. The minimum absolute atomic E-state index is 0. The van der Waals surface area contributed by atoms with Crippen molar-refractivity contribution in [3.63, 3.8) is 0 Å².